The number of hydrogen-bond acceptors (Lipinski definition) is 9. The summed E-state index contributed by atoms with van der Waals surface area (Å²) in [6.07, 6.45) is 1.26. The third-order valence-electron chi connectivity index (χ3n) is 3.75. The van der Waals surface area contributed by atoms with Crippen molar-refractivity contribution in [2.45, 2.75) is 26.9 Å². The normalized spacial score (nSPS) is 11.2. The molecule has 0 aliphatic heterocycles. The summed E-state index contributed by atoms with van der Waals surface area (Å²) in [5.74, 6) is 0.383. The lowest BCUT2D eigenvalue weighted by atomic mass is 10.2. The van der Waals surface area contributed by atoms with Crippen molar-refractivity contribution in [1.29, 1.82) is 0 Å². The van der Waals surface area contributed by atoms with Crippen molar-refractivity contribution in [3.63, 3.8) is 0 Å². The van der Waals surface area contributed by atoms with Gasteiger partial charge in [-0.05, 0) is 38.3 Å². The Morgan fingerprint density at radius 1 is 1.38 bits per heavy atom. The summed E-state index contributed by atoms with van der Waals surface area (Å²) in [4.78, 5) is 17.7. The van der Waals surface area contributed by atoms with Crippen LogP contribution in [0.5, 0.6) is 11.5 Å². The summed E-state index contributed by atoms with van der Waals surface area (Å²) in [7, 11) is 1.44. The fourth-order valence-electron chi connectivity index (χ4n) is 2.57. The zero-order chi connectivity index (χ0) is 21.0. The Hall–Kier alpha value is -2.98. The van der Waals surface area contributed by atoms with E-state index in [0.29, 0.717) is 10.7 Å². The number of anilines is 1. The molecule has 10 heteroatoms. The highest BCUT2D eigenvalue weighted by molar-refractivity contribution is 7.17. The average Bonchev–Trinajstić information content (AvgIpc) is 3.31. The molecule has 1 aromatic carbocycles. The van der Waals surface area contributed by atoms with Gasteiger partial charge in [0.25, 0.3) is 0 Å². The van der Waals surface area contributed by atoms with Crippen molar-refractivity contribution in [2.24, 2.45) is 5.10 Å². The number of nitro groups is 1. The molecule has 0 fully saturated rings. The molecular weight excluding hydrogens is 412 g/mol. The number of thiazole rings is 1. The molecule has 0 saturated heterocycles. The molecule has 1 N–H and O–H groups in total. The second-order valence-electron chi connectivity index (χ2n) is 6.27. The number of rotatable bonds is 8. The number of ether oxygens (including phenoxy) is 2. The summed E-state index contributed by atoms with van der Waals surface area (Å²) < 4.78 is 10.9. The second kappa shape index (κ2) is 9.01. The molecule has 0 bridgehead atoms. The predicted octanol–water partition coefficient (Wildman–Crippen LogP) is 5.33. The number of aryl methyl sites for hydroxylation is 1. The predicted molar refractivity (Wildman–Crippen MR) is 117 cm³/mol. The number of benzene rings is 1. The highest BCUT2D eigenvalue weighted by Crippen LogP contribution is 2.38. The van der Waals surface area contributed by atoms with E-state index in [2.05, 4.69) is 15.5 Å². The molecular formula is C19H20N4O4S2. The third-order valence-corrected chi connectivity index (χ3v) is 5.50. The lowest BCUT2D eigenvalue weighted by molar-refractivity contribution is -0.386. The number of hydrazone groups is 1. The summed E-state index contributed by atoms with van der Waals surface area (Å²) >= 11 is 3.12. The van der Waals surface area contributed by atoms with Gasteiger partial charge in [-0.3, -0.25) is 15.5 Å². The summed E-state index contributed by atoms with van der Waals surface area (Å²) in [6.45, 7) is 5.59. The van der Waals surface area contributed by atoms with Gasteiger partial charge in [-0.15, -0.1) is 22.7 Å². The van der Waals surface area contributed by atoms with E-state index >= 15 is 0 Å². The summed E-state index contributed by atoms with van der Waals surface area (Å²) in [5.41, 5.74) is 4.14. The molecule has 0 amide bonds. The zero-order valence-corrected chi connectivity index (χ0v) is 18.0. The molecule has 0 atom stereocenters. The van der Waals surface area contributed by atoms with Crippen molar-refractivity contribution < 1.29 is 14.4 Å². The Labute approximate surface area is 176 Å². The van der Waals surface area contributed by atoms with E-state index in [9.17, 15) is 10.1 Å². The lowest BCUT2D eigenvalue weighted by Crippen LogP contribution is -2.09. The van der Waals surface area contributed by atoms with Crippen molar-refractivity contribution in [3.05, 3.63) is 50.2 Å². The minimum atomic E-state index is -0.498. The van der Waals surface area contributed by atoms with Crippen LogP contribution < -0.4 is 14.9 Å². The van der Waals surface area contributed by atoms with Gasteiger partial charge < -0.3 is 9.47 Å². The van der Waals surface area contributed by atoms with Crippen LogP contribution in [0.2, 0.25) is 0 Å². The molecule has 0 aliphatic carbocycles. The fraction of sp³-hybridized carbons (Fsp3) is 0.263. The first-order chi connectivity index (χ1) is 13.9. The maximum atomic E-state index is 11.5. The molecule has 0 saturated carbocycles. The lowest BCUT2D eigenvalue weighted by Gasteiger charge is -2.14. The van der Waals surface area contributed by atoms with E-state index < -0.39 is 4.92 Å². The van der Waals surface area contributed by atoms with Crippen LogP contribution in [0.15, 0.2) is 34.7 Å². The van der Waals surface area contributed by atoms with Crippen molar-refractivity contribution in [3.8, 4) is 22.1 Å². The quantitative estimate of drug-likeness (QED) is 0.293. The number of nitrogens with zero attached hydrogens (tertiary/aromatic N) is 3. The Morgan fingerprint density at radius 3 is 2.79 bits per heavy atom. The Morgan fingerprint density at radius 2 is 2.17 bits per heavy atom. The highest BCUT2D eigenvalue weighted by Gasteiger charge is 2.23. The molecule has 3 aromatic rings. The van der Waals surface area contributed by atoms with Crippen LogP contribution in [-0.2, 0) is 0 Å². The van der Waals surface area contributed by atoms with E-state index in [1.54, 1.807) is 31.3 Å². The molecule has 0 spiro atoms. The van der Waals surface area contributed by atoms with Gasteiger partial charge in [-0.1, -0.05) is 6.07 Å². The summed E-state index contributed by atoms with van der Waals surface area (Å²) in [5, 5.41) is 18.3. The number of hydrogen-bond donors (Lipinski definition) is 1. The smallest absolute Gasteiger partial charge is 0.315 e. The topological polar surface area (TPSA) is 98.9 Å². The van der Waals surface area contributed by atoms with Gasteiger partial charge in [-0.2, -0.15) is 5.10 Å². The number of methoxy groups -OCH3 is 1. The Bertz CT molecular complexity index is 1030. The largest absolute Gasteiger partial charge is 0.493 e. The van der Waals surface area contributed by atoms with Gasteiger partial charge in [0.15, 0.2) is 5.75 Å². The van der Waals surface area contributed by atoms with E-state index in [-0.39, 0.29) is 23.3 Å². The zero-order valence-electron chi connectivity index (χ0n) is 16.3. The molecule has 0 radical (unpaired) electrons. The number of thiophene rings is 1. The fourth-order valence-corrected chi connectivity index (χ4v) is 4.19. The van der Waals surface area contributed by atoms with E-state index in [4.69, 9.17) is 9.47 Å². The average molecular weight is 433 g/mol. The molecule has 0 aliphatic rings. The van der Waals surface area contributed by atoms with Gasteiger partial charge in [0.2, 0.25) is 10.9 Å². The van der Waals surface area contributed by atoms with Crippen LogP contribution in [0.25, 0.3) is 10.6 Å². The van der Waals surface area contributed by atoms with Gasteiger partial charge in [0.05, 0.1) is 34.9 Å². The Balaban J connectivity index is 1.83. The first kappa shape index (κ1) is 20.7. The van der Waals surface area contributed by atoms with E-state index in [1.165, 1.54) is 30.7 Å². The van der Waals surface area contributed by atoms with Crippen molar-refractivity contribution in [1.82, 2.24) is 4.98 Å². The molecule has 29 heavy (non-hydrogen) atoms. The van der Waals surface area contributed by atoms with Crippen molar-refractivity contribution >= 4 is 39.7 Å². The van der Waals surface area contributed by atoms with Gasteiger partial charge in [0.1, 0.15) is 0 Å². The number of nitro benzene ring substituents is 1. The van der Waals surface area contributed by atoms with Gasteiger partial charge in [0, 0.05) is 16.5 Å². The summed E-state index contributed by atoms with van der Waals surface area (Å²) in [6, 6.07) is 7.04. The van der Waals surface area contributed by atoms with Crippen LogP contribution in [0, 0.1) is 17.0 Å². The number of nitrogens with one attached hydrogen (secondary N) is 1. The maximum Gasteiger partial charge on any atom is 0.315 e. The van der Waals surface area contributed by atoms with Crippen LogP contribution in [0.3, 0.4) is 0 Å². The van der Waals surface area contributed by atoms with E-state index in [0.717, 1.165) is 15.4 Å². The van der Waals surface area contributed by atoms with Crippen molar-refractivity contribution in [2.75, 3.05) is 12.5 Å². The molecule has 152 valence electrons. The first-order valence-corrected chi connectivity index (χ1v) is 10.4. The monoisotopic (exact) mass is 432 g/mol. The molecule has 3 rings (SSSR count). The maximum absolute atomic E-state index is 11.5. The molecule has 0 unspecified atom stereocenters. The number of aromatic nitrogens is 1. The van der Waals surface area contributed by atoms with Crippen LogP contribution in [0.1, 0.15) is 24.3 Å². The van der Waals surface area contributed by atoms with E-state index in [1.807, 2.05) is 24.4 Å². The van der Waals surface area contributed by atoms with Crippen LogP contribution in [0.4, 0.5) is 10.8 Å². The van der Waals surface area contributed by atoms with Gasteiger partial charge >= 0.3 is 5.69 Å². The Kier molecular flexibility index (Phi) is 6.45. The highest BCUT2D eigenvalue weighted by atomic mass is 32.1. The van der Waals surface area contributed by atoms with Gasteiger partial charge in [-0.25, -0.2) is 4.98 Å². The van der Waals surface area contributed by atoms with Crippen LogP contribution in [-0.4, -0.2) is 29.3 Å². The van der Waals surface area contributed by atoms with Crippen LogP contribution >= 0.6 is 22.7 Å². The minimum absolute atomic E-state index is 0.105. The second-order valence-corrected chi connectivity index (χ2v) is 8.42. The molecule has 2 aromatic heterocycles. The minimum Gasteiger partial charge on any atom is -0.493 e. The standard InChI is InChI=1S/C19H20N4O4S2/c1-11(2)27-18-14(23(24)25)8-13(9-15(18)26-4)10-20-22-19-21-17(12(3)29-19)16-6-5-7-28-16/h5-11H,1-4H3,(H,21,22)/b20-10-. The first-order valence-electron chi connectivity index (χ1n) is 8.72. The molecule has 2 heterocycles. The third kappa shape index (κ3) is 4.90. The molecule has 8 nitrogen and oxygen atoms in total. The SMILES string of the molecule is COc1cc(/C=N\Nc2nc(-c3cccs3)c(C)s2)cc([N+](=O)[O-])c1OC(C)C.